The molecule has 0 aliphatic carbocycles. The van der Waals surface area contributed by atoms with Crippen molar-refractivity contribution < 1.29 is 22.7 Å². The number of likely N-dealkylation sites (tertiary alicyclic amines) is 1. The molecule has 1 fully saturated rings. The van der Waals surface area contributed by atoms with Crippen LogP contribution in [0.1, 0.15) is 26.7 Å². The molecule has 0 aromatic carbocycles. The zero-order valence-corrected chi connectivity index (χ0v) is 10.6. The van der Waals surface area contributed by atoms with Gasteiger partial charge in [0.25, 0.3) is 5.91 Å². The zero-order chi connectivity index (χ0) is 14.0. The molecule has 0 spiro atoms. The van der Waals surface area contributed by atoms with E-state index in [0.717, 1.165) is 0 Å². The van der Waals surface area contributed by atoms with Crippen molar-refractivity contribution in [3.8, 4) is 0 Å². The smallest absolute Gasteiger partial charge is 0.378 e. The summed E-state index contributed by atoms with van der Waals surface area (Å²) in [6, 6.07) is 0. The van der Waals surface area contributed by atoms with E-state index in [0.29, 0.717) is 26.4 Å². The van der Waals surface area contributed by atoms with Crippen molar-refractivity contribution in [2.24, 2.45) is 5.73 Å². The number of halogens is 3. The molecule has 1 rings (SSSR count). The summed E-state index contributed by atoms with van der Waals surface area (Å²) in [6.07, 6.45) is -3.61. The highest BCUT2D eigenvalue weighted by Gasteiger charge is 2.55. The van der Waals surface area contributed by atoms with Crippen LogP contribution in [0.3, 0.4) is 0 Å². The maximum absolute atomic E-state index is 12.6. The van der Waals surface area contributed by atoms with E-state index in [1.54, 1.807) is 0 Å². The Balaban J connectivity index is 2.60. The first-order chi connectivity index (χ1) is 8.20. The molecule has 18 heavy (non-hydrogen) atoms. The fourth-order valence-electron chi connectivity index (χ4n) is 1.91. The van der Waals surface area contributed by atoms with Crippen LogP contribution >= 0.6 is 0 Å². The molecule has 4 nitrogen and oxygen atoms in total. The Morgan fingerprint density at radius 2 is 1.89 bits per heavy atom. The van der Waals surface area contributed by atoms with Crippen molar-refractivity contribution in [1.29, 1.82) is 0 Å². The van der Waals surface area contributed by atoms with Crippen LogP contribution in [0, 0.1) is 0 Å². The van der Waals surface area contributed by atoms with Gasteiger partial charge in [0.15, 0.2) is 5.54 Å². The van der Waals surface area contributed by atoms with E-state index in [-0.39, 0.29) is 19.2 Å². The summed E-state index contributed by atoms with van der Waals surface area (Å²) in [4.78, 5) is 12.9. The molecule has 7 heteroatoms. The molecule has 1 unspecified atom stereocenters. The first kappa shape index (κ1) is 15.2. The maximum Gasteiger partial charge on any atom is 0.415 e. The number of ether oxygens (including phenoxy) is 1. The molecule has 0 aromatic heterocycles. The minimum absolute atomic E-state index is 0.0222. The van der Waals surface area contributed by atoms with Crippen LogP contribution < -0.4 is 5.73 Å². The summed E-state index contributed by atoms with van der Waals surface area (Å²) in [5.41, 5.74) is 2.30. The van der Waals surface area contributed by atoms with Gasteiger partial charge >= 0.3 is 6.18 Å². The highest BCUT2D eigenvalue weighted by molar-refractivity contribution is 5.86. The predicted octanol–water partition coefficient (Wildman–Crippen LogP) is 1.29. The van der Waals surface area contributed by atoms with Gasteiger partial charge in [-0.05, 0) is 26.7 Å². The fraction of sp³-hybridized carbons (Fsp3) is 0.909. The fourth-order valence-corrected chi connectivity index (χ4v) is 1.91. The third-order valence-corrected chi connectivity index (χ3v) is 3.16. The van der Waals surface area contributed by atoms with E-state index in [4.69, 9.17) is 10.5 Å². The number of nitrogens with zero attached hydrogens (tertiary/aromatic N) is 1. The van der Waals surface area contributed by atoms with Gasteiger partial charge in [-0.1, -0.05) is 0 Å². The minimum atomic E-state index is -4.74. The van der Waals surface area contributed by atoms with Gasteiger partial charge in [0, 0.05) is 19.7 Å². The Hall–Kier alpha value is -0.820. The molecule has 1 saturated heterocycles. The average molecular weight is 268 g/mol. The molecule has 0 radical (unpaired) electrons. The average Bonchev–Trinajstić information content (AvgIpc) is 2.28. The molecule has 1 amide bonds. The molecular formula is C11H19F3N2O2. The van der Waals surface area contributed by atoms with Gasteiger partial charge in [-0.25, -0.2) is 0 Å². The van der Waals surface area contributed by atoms with Crippen molar-refractivity contribution in [2.75, 3.05) is 19.7 Å². The van der Waals surface area contributed by atoms with Crippen molar-refractivity contribution in [3.63, 3.8) is 0 Å². The summed E-state index contributed by atoms with van der Waals surface area (Å²) in [6.45, 7) is 3.65. The molecular weight excluding hydrogens is 249 g/mol. The van der Waals surface area contributed by atoms with Crippen LogP contribution in [0.25, 0.3) is 0 Å². The number of carbonyl (C=O) groups is 1. The van der Waals surface area contributed by atoms with Crippen LogP contribution in [0.4, 0.5) is 13.2 Å². The first-order valence-electron chi connectivity index (χ1n) is 5.96. The summed E-state index contributed by atoms with van der Waals surface area (Å²) >= 11 is 0. The van der Waals surface area contributed by atoms with E-state index in [1.807, 2.05) is 6.92 Å². The number of alkyl halides is 3. The van der Waals surface area contributed by atoms with Gasteiger partial charge in [0.1, 0.15) is 0 Å². The third kappa shape index (κ3) is 3.14. The highest BCUT2D eigenvalue weighted by Crippen LogP contribution is 2.30. The summed E-state index contributed by atoms with van der Waals surface area (Å²) in [5.74, 6) is -1.06. The van der Waals surface area contributed by atoms with Gasteiger partial charge in [-0.2, -0.15) is 13.2 Å². The number of piperidine rings is 1. The monoisotopic (exact) mass is 268 g/mol. The largest absolute Gasteiger partial charge is 0.415 e. The van der Waals surface area contributed by atoms with Gasteiger partial charge in [0.05, 0.1) is 6.10 Å². The second-order valence-electron chi connectivity index (χ2n) is 4.65. The van der Waals surface area contributed by atoms with Crippen molar-refractivity contribution in [1.82, 2.24) is 4.90 Å². The number of amides is 1. The highest BCUT2D eigenvalue weighted by atomic mass is 19.4. The lowest BCUT2D eigenvalue weighted by atomic mass is 9.98. The third-order valence-electron chi connectivity index (χ3n) is 3.16. The predicted molar refractivity (Wildman–Crippen MR) is 59.9 cm³/mol. The lowest BCUT2D eigenvalue weighted by molar-refractivity contribution is -0.194. The van der Waals surface area contributed by atoms with Crippen LogP contribution in [-0.4, -0.2) is 48.3 Å². The van der Waals surface area contributed by atoms with Gasteiger partial charge in [-0.3, -0.25) is 4.79 Å². The Morgan fingerprint density at radius 1 is 1.39 bits per heavy atom. The van der Waals surface area contributed by atoms with Crippen molar-refractivity contribution in [3.05, 3.63) is 0 Å². The number of carbonyl (C=O) groups excluding carboxylic acids is 1. The normalized spacial score (nSPS) is 21.8. The van der Waals surface area contributed by atoms with Gasteiger partial charge in [-0.15, -0.1) is 0 Å². The lowest BCUT2D eigenvalue weighted by Crippen LogP contribution is -2.63. The maximum atomic E-state index is 12.6. The number of hydrogen-bond acceptors (Lipinski definition) is 3. The summed E-state index contributed by atoms with van der Waals surface area (Å²) < 4.78 is 43.3. The summed E-state index contributed by atoms with van der Waals surface area (Å²) in [7, 11) is 0. The second-order valence-corrected chi connectivity index (χ2v) is 4.65. The van der Waals surface area contributed by atoms with Crippen LogP contribution in [-0.2, 0) is 9.53 Å². The van der Waals surface area contributed by atoms with E-state index in [1.165, 1.54) is 4.90 Å². The standard InChI is InChI=1S/C11H19F3N2O2/c1-3-18-8-4-6-16(7-5-8)9(17)10(2,15)11(12,13)14/h8H,3-7,15H2,1-2H3. The molecule has 1 heterocycles. The topological polar surface area (TPSA) is 55.6 Å². The van der Waals surface area contributed by atoms with Crippen molar-refractivity contribution >= 4 is 5.91 Å². The molecule has 0 aromatic rings. The molecule has 1 atom stereocenters. The Morgan fingerprint density at radius 3 is 2.28 bits per heavy atom. The van der Waals surface area contributed by atoms with E-state index in [9.17, 15) is 18.0 Å². The number of rotatable bonds is 3. The molecule has 106 valence electrons. The van der Waals surface area contributed by atoms with E-state index < -0.39 is 17.6 Å². The van der Waals surface area contributed by atoms with Crippen LogP contribution in [0.5, 0.6) is 0 Å². The summed E-state index contributed by atoms with van der Waals surface area (Å²) in [5, 5.41) is 0. The zero-order valence-electron chi connectivity index (χ0n) is 10.6. The van der Waals surface area contributed by atoms with E-state index >= 15 is 0 Å². The van der Waals surface area contributed by atoms with Crippen molar-refractivity contribution in [2.45, 2.75) is 44.5 Å². The van der Waals surface area contributed by atoms with Gasteiger partial charge < -0.3 is 15.4 Å². The van der Waals surface area contributed by atoms with Gasteiger partial charge in [0.2, 0.25) is 0 Å². The number of nitrogens with two attached hydrogens (primary N) is 1. The molecule has 0 saturated carbocycles. The quantitative estimate of drug-likeness (QED) is 0.839. The minimum Gasteiger partial charge on any atom is -0.378 e. The molecule has 1 aliphatic rings. The second kappa shape index (κ2) is 5.44. The van der Waals surface area contributed by atoms with Crippen LogP contribution in [0.2, 0.25) is 0 Å². The van der Waals surface area contributed by atoms with Crippen LogP contribution in [0.15, 0.2) is 0 Å². The number of hydrogen-bond donors (Lipinski definition) is 1. The lowest BCUT2D eigenvalue weighted by Gasteiger charge is -2.37. The Labute approximate surface area is 104 Å². The Kier molecular flexibility index (Phi) is 4.61. The Bertz CT molecular complexity index is 297. The first-order valence-corrected chi connectivity index (χ1v) is 5.96. The molecule has 2 N–H and O–H groups in total. The molecule has 1 aliphatic heterocycles. The molecule has 0 bridgehead atoms. The van der Waals surface area contributed by atoms with E-state index in [2.05, 4.69) is 0 Å². The SMILES string of the molecule is CCOC1CCN(C(=O)C(C)(N)C(F)(F)F)CC1.